The van der Waals surface area contributed by atoms with Crippen molar-refractivity contribution in [3.05, 3.63) is 35.4 Å². The van der Waals surface area contributed by atoms with E-state index in [4.69, 9.17) is 0 Å². The highest BCUT2D eigenvalue weighted by Gasteiger charge is 2.30. The third kappa shape index (κ3) is 2.70. The fraction of sp³-hybridized carbons (Fsp3) is 0.647. The van der Waals surface area contributed by atoms with Crippen LogP contribution in [0.4, 0.5) is 0 Å². The molecule has 1 aromatic rings. The monoisotopic (exact) mass is 258 g/mol. The van der Waals surface area contributed by atoms with Crippen molar-refractivity contribution in [3.63, 3.8) is 0 Å². The fourth-order valence-corrected chi connectivity index (χ4v) is 3.93. The Kier molecular flexibility index (Phi) is 3.90. The number of piperidine rings is 1. The number of hydrogen-bond acceptors (Lipinski definition) is 2. The van der Waals surface area contributed by atoms with Crippen molar-refractivity contribution in [2.45, 2.75) is 44.7 Å². The number of likely N-dealkylation sites (tertiary alicyclic amines) is 1. The summed E-state index contributed by atoms with van der Waals surface area (Å²) in [7, 11) is 2.10. The maximum atomic E-state index is 3.47. The van der Waals surface area contributed by atoms with Gasteiger partial charge in [0.1, 0.15) is 0 Å². The largest absolute Gasteiger partial charge is 0.317 e. The van der Waals surface area contributed by atoms with E-state index in [-0.39, 0.29) is 0 Å². The molecule has 0 radical (unpaired) electrons. The van der Waals surface area contributed by atoms with E-state index in [1.165, 1.54) is 38.8 Å². The van der Waals surface area contributed by atoms with Crippen molar-refractivity contribution in [1.82, 2.24) is 10.2 Å². The van der Waals surface area contributed by atoms with Crippen LogP contribution in [0.25, 0.3) is 0 Å². The second-order valence-corrected chi connectivity index (χ2v) is 6.32. The average molecular weight is 258 g/mol. The minimum atomic E-state index is 0.715. The van der Waals surface area contributed by atoms with Gasteiger partial charge in [0, 0.05) is 18.6 Å². The Labute approximate surface area is 117 Å². The van der Waals surface area contributed by atoms with Gasteiger partial charge in [0.15, 0.2) is 0 Å². The number of hydrogen-bond donors (Lipinski definition) is 1. The minimum absolute atomic E-state index is 0.715. The molecule has 0 bridgehead atoms. The lowest BCUT2D eigenvalue weighted by atomic mass is 9.85. The molecule has 2 nitrogen and oxygen atoms in total. The van der Waals surface area contributed by atoms with Crippen LogP contribution in [-0.2, 0) is 12.8 Å². The van der Waals surface area contributed by atoms with Gasteiger partial charge in [-0.05, 0) is 56.3 Å². The van der Waals surface area contributed by atoms with Gasteiger partial charge >= 0.3 is 0 Å². The molecule has 1 heterocycles. The van der Waals surface area contributed by atoms with Crippen LogP contribution in [0, 0.1) is 5.92 Å². The quantitative estimate of drug-likeness (QED) is 0.876. The molecule has 3 unspecified atom stereocenters. The highest BCUT2D eigenvalue weighted by Crippen LogP contribution is 2.27. The van der Waals surface area contributed by atoms with E-state index in [9.17, 15) is 0 Å². The predicted molar refractivity (Wildman–Crippen MR) is 80.5 cm³/mol. The molecule has 104 valence electrons. The molecule has 0 saturated carbocycles. The highest BCUT2D eigenvalue weighted by atomic mass is 15.2. The van der Waals surface area contributed by atoms with E-state index >= 15 is 0 Å². The number of nitrogens with one attached hydrogen (secondary N) is 1. The van der Waals surface area contributed by atoms with Crippen LogP contribution in [-0.4, -0.2) is 37.1 Å². The summed E-state index contributed by atoms with van der Waals surface area (Å²) in [6.07, 6.45) is 5.16. The van der Waals surface area contributed by atoms with Gasteiger partial charge < -0.3 is 5.32 Å². The Morgan fingerprint density at radius 1 is 1.16 bits per heavy atom. The van der Waals surface area contributed by atoms with Crippen LogP contribution in [0.15, 0.2) is 24.3 Å². The van der Waals surface area contributed by atoms with Crippen molar-refractivity contribution >= 4 is 0 Å². The Bertz CT molecular complexity index is 429. The van der Waals surface area contributed by atoms with Gasteiger partial charge in [0.25, 0.3) is 0 Å². The van der Waals surface area contributed by atoms with E-state index in [1.54, 1.807) is 11.1 Å². The summed E-state index contributed by atoms with van der Waals surface area (Å²) in [4.78, 5) is 2.74. The smallest absolute Gasteiger partial charge is 0.0139 e. The molecule has 3 rings (SSSR count). The lowest BCUT2D eigenvalue weighted by Crippen LogP contribution is -2.51. The molecule has 1 aliphatic heterocycles. The molecule has 1 aliphatic carbocycles. The molecule has 0 spiro atoms. The van der Waals surface area contributed by atoms with Gasteiger partial charge in [-0.15, -0.1) is 0 Å². The standard InChI is InChI=1S/C17H26N2/c1-13-12-19(10-9-17(13)18-2)16-8-7-14-5-3-4-6-15(14)11-16/h3-6,13,16-18H,7-12H2,1-2H3. The van der Waals surface area contributed by atoms with E-state index in [1.807, 2.05) is 0 Å². The Morgan fingerprint density at radius 3 is 2.68 bits per heavy atom. The lowest BCUT2D eigenvalue weighted by molar-refractivity contribution is 0.0983. The average Bonchev–Trinajstić information content (AvgIpc) is 2.46. The number of rotatable bonds is 2. The topological polar surface area (TPSA) is 15.3 Å². The first-order valence-corrected chi connectivity index (χ1v) is 7.76. The Morgan fingerprint density at radius 2 is 1.95 bits per heavy atom. The highest BCUT2D eigenvalue weighted by molar-refractivity contribution is 5.30. The Hall–Kier alpha value is -0.860. The molecule has 1 fully saturated rings. The normalized spacial score (nSPS) is 32.0. The third-order valence-corrected chi connectivity index (χ3v) is 5.14. The summed E-state index contributed by atoms with van der Waals surface area (Å²) >= 11 is 0. The maximum absolute atomic E-state index is 3.47. The maximum Gasteiger partial charge on any atom is 0.0139 e. The first-order valence-electron chi connectivity index (χ1n) is 7.76. The molecule has 1 saturated heterocycles. The van der Waals surface area contributed by atoms with Crippen molar-refractivity contribution in [1.29, 1.82) is 0 Å². The first kappa shape index (κ1) is 13.1. The zero-order valence-electron chi connectivity index (χ0n) is 12.2. The lowest BCUT2D eigenvalue weighted by Gasteiger charge is -2.42. The van der Waals surface area contributed by atoms with Crippen molar-refractivity contribution < 1.29 is 0 Å². The minimum Gasteiger partial charge on any atom is -0.317 e. The van der Waals surface area contributed by atoms with E-state index in [0.29, 0.717) is 6.04 Å². The van der Waals surface area contributed by atoms with Crippen LogP contribution in [0.2, 0.25) is 0 Å². The molecule has 3 atom stereocenters. The Balaban J connectivity index is 1.66. The second-order valence-electron chi connectivity index (χ2n) is 6.32. The molecular formula is C17H26N2. The van der Waals surface area contributed by atoms with Gasteiger partial charge in [-0.2, -0.15) is 0 Å². The summed E-state index contributed by atoms with van der Waals surface area (Å²) in [5, 5.41) is 3.47. The van der Waals surface area contributed by atoms with Gasteiger partial charge in [0.2, 0.25) is 0 Å². The van der Waals surface area contributed by atoms with Crippen LogP contribution < -0.4 is 5.32 Å². The first-order chi connectivity index (χ1) is 9.28. The predicted octanol–water partition coefficient (Wildman–Crippen LogP) is 2.47. The SMILES string of the molecule is CNC1CCN(C2CCc3ccccc3C2)CC1C. The van der Waals surface area contributed by atoms with Crippen LogP contribution in [0.5, 0.6) is 0 Å². The zero-order valence-corrected chi connectivity index (χ0v) is 12.2. The van der Waals surface area contributed by atoms with Crippen molar-refractivity contribution in [2.24, 2.45) is 5.92 Å². The number of nitrogens with zero attached hydrogens (tertiary/aromatic N) is 1. The molecule has 0 aromatic heterocycles. The van der Waals surface area contributed by atoms with Crippen molar-refractivity contribution in [2.75, 3.05) is 20.1 Å². The van der Waals surface area contributed by atoms with Gasteiger partial charge in [-0.25, -0.2) is 0 Å². The molecule has 1 N–H and O–H groups in total. The number of aryl methyl sites for hydroxylation is 1. The van der Waals surface area contributed by atoms with E-state index in [2.05, 4.69) is 48.5 Å². The molecule has 2 aliphatic rings. The molecular weight excluding hydrogens is 232 g/mol. The summed E-state index contributed by atoms with van der Waals surface area (Å²) in [5.74, 6) is 0.774. The summed E-state index contributed by atoms with van der Waals surface area (Å²) < 4.78 is 0. The van der Waals surface area contributed by atoms with Gasteiger partial charge in [-0.1, -0.05) is 31.2 Å². The molecule has 1 aromatic carbocycles. The number of benzene rings is 1. The fourth-order valence-electron chi connectivity index (χ4n) is 3.93. The van der Waals surface area contributed by atoms with Gasteiger partial charge in [0.05, 0.1) is 0 Å². The zero-order chi connectivity index (χ0) is 13.2. The van der Waals surface area contributed by atoms with Gasteiger partial charge in [-0.3, -0.25) is 4.90 Å². The third-order valence-electron chi connectivity index (χ3n) is 5.14. The van der Waals surface area contributed by atoms with Crippen LogP contribution in [0.3, 0.4) is 0 Å². The van der Waals surface area contributed by atoms with E-state index in [0.717, 1.165) is 12.0 Å². The van der Waals surface area contributed by atoms with E-state index < -0.39 is 0 Å². The van der Waals surface area contributed by atoms with Crippen LogP contribution >= 0.6 is 0 Å². The molecule has 0 amide bonds. The summed E-state index contributed by atoms with van der Waals surface area (Å²) in [6.45, 7) is 4.92. The van der Waals surface area contributed by atoms with Crippen molar-refractivity contribution in [3.8, 4) is 0 Å². The molecule has 19 heavy (non-hydrogen) atoms. The second kappa shape index (κ2) is 5.64. The summed E-state index contributed by atoms with van der Waals surface area (Å²) in [5.41, 5.74) is 3.17. The number of fused-ring (bicyclic) bond motifs is 1. The van der Waals surface area contributed by atoms with Crippen LogP contribution in [0.1, 0.15) is 30.9 Å². The molecule has 2 heteroatoms. The summed E-state index contributed by atoms with van der Waals surface area (Å²) in [6, 6.07) is 10.5.